The van der Waals surface area contributed by atoms with E-state index in [4.69, 9.17) is 6.11 Å². The van der Waals surface area contributed by atoms with Gasteiger partial charge in [0.15, 0.2) is 0 Å². The van der Waals surface area contributed by atoms with E-state index in [1.807, 2.05) is 0 Å². The zero-order valence-corrected chi connectivity index (χ0v) is 21.1. The molecule has 10 atom stereocenters. The molecule has 0 bridgehead atoms. The Labute approximate surface area is 193 Å². The van der Waals surface area contributed by atoms with Gasteiger partial charge in [0.2, 0.25) is 0 Å². The Balaban J connectivity index is 1.53. The molecule has 0 aromatic carbocycles. The van der Waals surface area contributed by atoms with Crippen LogP contribution in [0.15, 0.2) is 5.16 Å². The van der Waals surface area contributed by atoms with Gasteiger partial charge in [0, 0.05) is 14.9 Å². The zero-order valence-electron chi connectivity index (χ0n) is 22.1. The average molecular weight is 433 g/mol. The highest BCUT2D eigenvalue weighted by Gasteiger charge is 2.61. The van der Waals surface area contributed by atoms with Crippen LogP contribution in [0, 0.1) is 52.3 Å². The van der Waals surface area contributed by atoms with Gasteiger partial charge in [-0.3, -0.25) is 0 Å². The van der Waals surface area contributed by atoms with Crippen molar-refractivity contribution in [3.63, 3.8) is 0 Å². The first-order valence-electron chi connectivity index (χ1n) is 13.9. The second-order valence-electron chi connectivity index (χ2n) is 12.7. The summed E-state index contributed by atoms with van der Waals surface area (Å²) in [5, 5.41) is 13.3. The van der Waals surface area contributed by atoms with Crippen LogP contribution in [0.5, 0.6) is 0 Å². The van der Waals surface area contributed by atoms with Gasteiger partial charge in [-0.1, -0.05) is 59.0 Å². The summed E-state index contributed by atoms with van der Waals surface area (Å²) in [7, 11) is 1.75. The van der Waals surface area contributed by atoms with Crippen molar-refractivity contribution in [1.29, 1.82) is 0 Å². The summed E-state index contributed by atoms with van der Waals surface area (Å²) >= 11 is 0. The van der Waals surface area contributed by atoms with Gasteiger partial charge in [-0.2, -0.15) is 0 Å². The second kappa shape index (κ2) is 8.99. The highest BCUT2D eigenvalue weighted by atomic mass is 16.5. The maximum Gasteiger partial charge on any atom is 0.0658 e. The summed E-state index contributed by atoms with van der Waals surface area (Å²) in [4.78, 5) is 0. The summed E-state index contributed by atoms with van der Waals surface area (Å²) in [5.74, 6) is 5.29. The molecule has 0 saturated heterocycles. The van der Waals surface area contributed by atoms with Gasteiger partial charge in [-0.15, -0.1) is 0 Å². The number of nitrogens with zero attached hydrogens (tertiary/aromatic N) is 1. The monoisotopic (exact) mass is 432 g/mol. The van der Waals surface area contributed by atoms with Crippen molar-refractivity contribution < 1.29 is 11.3 Å². The van der Waals surface area contributed by atoms with Gasteiger partial charge >= 0.3 is 0 Å². The first-order valence-corrected chi connectivity index (χ1v) is 13.3. The minimum atomic E-state index is -0.518. The van der Waals surface area contributed by atoms with Crippen molar-refractivity contribution in [3.8, 4) is 0 Å². The Bertz CT molecular complexity index is 695. The molecule has 0 amide bonds. The minimum Gasteiger partial charge on any atom is -0.411 e. The third-order valence-corrected chi connectivity index (χ3v) is 10.9. The van der Waals surface area contributed by atoms with Gasteiger partial charge in [0.1, 0.15) is 0 Å². The van der Waals surface area contributed by atoms with Crippen LogP contribution < -0.4 is 0 Å². The quantitative estimate of drug-likeness (QED) is 0.347. The molecule has 4 aliphatic rings. The van der Waals surface area contributed by atoms with Crippen LogP contribution in [0.1, 0.15) is 107 Å². The van der Waals surface area contributed by atoms with Crippen molar-refractivity contribution in [2.45, 2.75) is 111 Å². The fraction of sp³-hybridized carbons (Fsp3) is 0.964. The Kier molecular flexibility index (Phi) is 6.45. The van der Waals surface area contributed by atoms with Crippen molar-refractivity contribution in [2.24, 2.45) is 57.4 Å². The number of ether oxygens (including phenoxy) is 1. The van der Waals surface area contributed by atoms with Gasteiger partial charge in [0.25, 0.3) is 0 Å². The maximum absolute atomic E-state index is 9.68. The highest BCUT2D eigenvalue weighted by molar-refractivity contribution is 5.86. The van der Waals surface area contributed by atoms with Crippen LogP contribution in [0.2, 0.25) is 0 Å². The molecule has 3 nitrogen and oxygen atoms in total. The lowest BCUT2D eigenvalue weighted by Gasteiger charge is -2.61. The zero-order chi connectivity index (χ0) is 23.3. The maximum atomic E-state index is 9.68. The Hall–Kier alpha value is -0.570. The van der Waals surface area contributed by atoms with E-state index in [1.165, 1.54) is 57.8 Å². The van der Waals surface area contributed by atoms with Crippen LogP contribution in [0.4, 0.5) is 0 Å². The summed E-state index contributed by atoms with van der Waals surface area (Å²) in [6.07, 6.45) is 12.2. The predicted molar refractivity (Wildman–Crippen MR) is 128 cm³/mol. The molecule has 4 fully saturated rings. The van der Waals surface area contributed by atoms with E-state index in [1.54, 1.807) is 7.11 Å². The Morgan fingerprint density at radius 2 is 1.74 bits per heavy atom. The molecule has 4 rings (SSSR count). The number of hydrogen-bond donors (Lipinski definition) is 1. The average Bonchev–Trinajstić information content (AvgIpc) is 3.10. The van der Waals surface area contributed by atoms with Gasteiger partial charge in [-0.25, -0.2) is 0 Å². The molecule has 0 aliphatic heterocycles. The molecular formula is C28H49NO2. The molecular weight excluding hydrogens is 382 g/mol. The van der Waals surface area contributed by atoms with E-state index >= 15 is 0 Å². The van der Waals surface area contributed by atoms with E-state index < -0.39 is 6.40 Å². The van der Waals surface area contributed by atoms with E-state index in [9.17, 15) is 5.21 Å². The van der Waals surface area contributed by atoms with Crippen molar-refractivity contribution in [3.05, 3.63) is 0 Å². The van der Waals surface area contributed by atoms with Crippen LogP contribution in [-0.2, 0) is 4.74 Å². The molecule has 3 heteroatoms. The first kappa shape index (κ1) is 22.2. The van der Waals surface area contributed by atoms with Crippen LogP contribution in [0.25, 0.3) is 0 Å². The molecule has 178 valence electrons. The predicted octanol–water partition coefficient (Wildman–Crippen LogP) is 7.56. The topological polar surface area (TPSA) is 41.8 Å². The minimum absolute atomic E-state index is 0.102. The van der Waals surface area contributed by atoms with E-state index in [2.05, 4.69) is 39.8 Å². The summed E-state index contributed by atoms with van der Waals surface area (Å²) in [6.45, 7) is 12.3. The molecule has 0 radical (unpaired) electrons. The third kappa shape index (κ3) is 4.00. The molecule has 1 N–H and O–H groups in total. The number of oxime groups is 1. The fourth-order valence-electron chi connectivity index (χ4n) is 9.37. The number of fused-ring (bicyclic) bond motifs is 5. The largest absolute Gasteiger partial charge is 0.411 e. The van der Waals surface area contributed by atoms with E-state index in [0.717, 1.165) is 36.0 Å². The Morgan fingerprint density at radius 3 is 2.42 bits per heavy atom. The third-order valence-electron chi connectivity index (χ3n) is 10.9. The lowest BCUT2D eigenvalue weighted by Crippen LogP contribution is -2.57. The molecule has 4 saturated carbocycles. The number of rotatable bonds is 6. The molecule has 0 heterocycles. The fourth-order valence-corrected chi connectivity index (χ4v) is 9.37. The standard InChI is InChI=1S/C28H49NO2/c1-18(2)8-7-9-19(3)22-12-13-23-21-10-11-25-26(31-6)16-20(29-30)17-28(25,5)24(21)14-15-27(22,23)4/h18-19,21-26,30H,7-17H2,1-6H3/b29-20+/t19-,21+,22-,23+,24+,25+,26-,27-,28-/m1/s1/i16D/t16-,19+,21-,22+,23-,24-,25-,26+,27+,28+/m0. The first-order chi connectivity index (χ1) is 15.2. The van der Waals surface area contributed by atoms with Crippen molar-refractivity contribution >= 4 is 5.71 Å². The molecule has 0 spiro atoms. The van der Waals surface area contributed by atoms with Crippen molar-refractivity contribution in [2.75, 3.05) is 7.11 Å². The lowest BCUT2D eigenvalue weighted by atomic mass is 9.44. The summed E-state index contributed by atoms with van der Waals surface area (Å²) in [5.41, 5.74) is 1.25. The van der Waals surface area contributed by atoms with Gasteiger partial charge < -0.3 is 9.94 Å². The van der Waals surface area contributed by atoms with E-state index in [-0.39, 0.29) is 11.5 Å². The second-order valence-corrected chi connectivity index (χ2v) is 12.7. The number of hydrogen-bond acceptors (Lipinski definition) is 3. The van der Waals surface area contributed by atoms with Gasteiger partial charge in [0.05, 0.1) is 11.8 Å². The molecule has 0 aromatic heterocycles. The van der Waals surface area contributed by atoms with Crippen LogP contribution >= 0.6 is 0 Å². The van der Waals surface area contributed by atoms with E-state index in [0.29, 0.717) is 23.0 Å². The molecule has 4 aliphatic carbocycles. The van der Waals surface area contributed by atoms with Gasteiger partial charge in [-0.05, 0) is 97.2 Å². The smallest absolute Gasteiger partial charge is 0.0658 e. The van der Waals surface area contributed by atoms with Crippen molar-refractivity contribution in [1.82, 2.24) is 0 Å². The SMILES string of the molecule is [2H][C@H]1/C(=N\O)C[C@]2(C)[C@H]3CC[C@]4(C)[C@@H]([C@H](C)CCCC(C)C)CC[C@H]4[C@@H]3CC[C@H]2[C@@H]1OC. The summed E-state index contributed by atoms with van der Waals surface area (Å²) < 4.78 is 14.5. The number of methoxy groups -OCH3 is 1. The lowest BCUT2D eigenvalue weighted by molar-refractivity contribution is -0.135. The normalized spacial score (nSPS) is 50.0. The molecule has 31 heavy (non-hydrogen) atoms. The Morgan fingerprint density at radius 1 is 1.03 bits per heavy atom. The molecule has 0 unspecified atom stereocenters. The highest BCUT2D eigenvalue weighted by Crippen LogP contribution is 2.68. The summed E-state index contributed by atoms with van der Waals surface area (Å²) in [6, 6.07) is 0. The molecule has 0 aromatic rings. The van der Waals surface area contributed by atoms with Crippen LogP contribution in [0.3, 0.4) is 0 Å². The van der Waals surface area contributed by atoms with Crippen LogP contribution in [-0.4, -0.2) is 24.1 Å².